The summed E-state index contributed by atoms with van der Waals surface area (Å²) in [5.41, 5.74) is 2.02. The topological polar surface area (TPSA) is 37.4 Å². The average molecular weight is 350 g/mol. The maximum atomic E-state index is 13.3. The first-order valence-corrected chi connectivity index (χ1v) is 10.5. The van der Waals surface area contributed by atoms with Crippen LogP contribution in [0.15, 0.2) is 40.6 Å². The third kappa shape index (κ3) is 3.23. The standard InChI is InChI=1S/C18H23NO2S2/c1-14-8-5-6-10-17(14)23(20,21)19-12-7-3-4-9-16(19)18-15(2)11-13-22-18/h5-6,8,10-11,13,16H,3-4,7,9,12H2,1-2H3/t16-/m0/s1. The van der Waals surface area contributed by atoms with Crippen LogP contribution in [0.3, 0.4) is 0 Å². The molecule has 1 aromatic heterocycles. The number of thiophene rings is 1. The van der Waals surface area contributed by atoms with Gasteiger partial charge in [-0.3, -0.25) is 0 Å². The van der Waals surface area contributed by atoms with Crippen LogP contribution in [0.25, 0.3) is 0 Å². The second-order valence-electron chi connectivity index (χ2n) is 6.21. The van der Waals surface area contributed by atoms with Crippen LogP contribution in [0.5, 0.6) is 0 Å². The molecule has 0 spiro atoms. The highest BCUT2D eigenvalue weighted by Crippen LogP contribution is 2.38. The molecule has 2 aromatic rings. The summed E-state index contributed by atoms with van der Waals surface area (Å²) in [6, 6.07) is 9.36. The van der Waals surface area contributed by atoms with E-state index in [0.717, 1.165) is 31.2 Å². The van der Waals surface area contributed by atoms with Crippen molar-refractivity contribution in [2.24, 2.45) is 0 Å². The zero-order valence-electron chi connectivity index (χ0n) is 13.7. The highest BCUT2D eigenvalue weighted by Gasteiger charge is 2.35. The number of hydrogen-bond acceptors (Lipinski definition) is 3. The Hall–Kier alpha value is -1.17. The van der Waals surface area contributed by atoms with Crippen molar-refractivity contribution in [2.75, 3.05) is 6.54 Å². The second-order valence-corrected chi connectivity index (χ2v) is 9.02. The van der Waals surface area contributed by atoms with Crippen LogP contribution in [0.2, 0.25) is 0 Å². The average Bonchev–Trinajstić information content (AvgIpc) is 2.80. The van der Waals surface area contributed by atoms with Crippen LogP contribution in [0.4, 0.5) is 0 Å². The summed E-state index contributed by atoms with van der Waals surface area (Å²) < 4.78 is 28.4. The highest BCUT2D eigenvalue weighted by molar-refractivity contribution is 7.89. The summed E-state index contributed by atoms with van der Waals surface area (Å²) in [5, 5.41) is 2.06. The molecule has 0 N–H and O–H groups in total. The van der Waals surface area contributed by atoms with Crippen molar-refractivity contribution >= 4 is 21.4 Å². The van der Waals surface area contributed by atoms with E-state index in [1.807, 2.05) is 25.1 Å². The Labute approximate surface area is 143 Å². The molecule has 1 atom stereocenters. The van der Waals surface area contributed by atoms with E-state index in [0.29, 0.717) is 11.4 Å². The smallest absolute Gasteiger partial charge is 0.207 e. The van der Waals surface area contributed by atoms with Gasteiger partial charge in [-0.15, -0.1) is 11.3 Å². The fraction of sp³-hybridized carbons (Fsp3) is 0.444. The molecule has 0 unspecified atom stereocenters. The maximum Gasteiger partial charge on any atom is 0.243 e. The molecule has 124 valence electrons. The van der Waals surface area contributed by atoms with Gasteiger partial charge in [0.1, 0.15) is 0 Å². The van der Waals surface area contributed by atoms with Gasteiger partial charge in [0.15, 0.2) is 0 Å². The highest BCUT2D eigenvalue weighted by atomic mass is 32.2. The van der Waals surface area contributed by atoms with Crippen molar-refractivity contribution in [3.8, 4) is 0 Å². The van der Waals surface area contributed by atoms with E-state index in [2.05, 4.69) is 18.4 Å². The van der Waals surface area contributed by atoms with Crippen LogP contribution in [-0.4, -0.2) is 19.3 Å². The molecule has 0 aliphatic carbocycles. The molecule has 1 aromatic carbocycles. The lowest BCUT2D eigenvalue weighted by atomic mass is 10.1. The third-order valence-electron chi connectivity index (χ3n) is 4.59. The van der Waals surface area contributed by atoms with Gasteiger partial charge in [-0.25, -0.2) is 8.42 Å². The summed E-state index contributed by atoms with van der Waals surface area (Å²) in [7, 11) is -3.47. The van der Waals surface area contributed by atoms with Gasteiger partial charge < -0.3 is 0 Å². The summed E-state index contributed by atoms with van der Waals surface area (Å²) in [6.45, 7) is 4.56. The van der Waals surface area contributed by atoms with Crippen molar-refractivity contribution in [1.29, 1.82) is 0 Å². The fourth-order valence-corrected chi connectivity index (χ4v) is 6.36. The van der Waals surface area contributed by atoms with E-state index in [9.17, 15) is 8.42 Å². The van der Waals surface area contributed by atoms with Gasteiger partial charge in [-0.1, -0.05) is 31.0 Å². The number of benzene rings is 1. The number of hydrogen-bond donors (Lipinski definition) is 0. The Morgan fingerprint density at radius 1 is 1.04 bits per heavy atom. The van der Waals surface area contributed by atoms with Crippen molar-refractivity contribution in [1.82, 2.24) is 4.31 Å². The summed E-state index contributed by atoms with van der Waals surface area (Å²) in [6.07, 6.45) is 4.03. The van der Waals surface area contributed by atoms with E-state index >= 15 is 0 Å². The van der Waals surface area contributed by atoms with Gasteiger partial charge in [-0.2, -0.15) is 4.31 Å². The lowest BCUT2D eigenvalue weighted by Gasteiger charge is -2.29. The minimum Gasteiger partial charge on any atom is -0.207 e. The van der Waals surface area contributed by atoms with Crippen LogP contribution >= 0.6 is 11.3 Å². The lowest BCUT2D eigenvalue weighted by Crippen LogP contribution is -2.35. The third-order valence-corrected chi connectivity index (χ3v) is 7.78. The van der Waals surface area contributed by atoms with Gasteiger partial charge >= 0.3 is 0 Å². The molecular weight excluding hydrogens is 326 g/mol. The monoisotopic (exact) mass is 349 g/mol. The van der Waals surface area contributed by atoms with E-state index < -0.39 is 10.0 Å². The summed E-state index contributed by atoms with van der Waals surface area (Å²) in [5.74, 6) is 0. The van der Waals surface area contributed by atoms with Crippen LogP contribution < -0.4 is 0 Å². The predicted octanol–water partition coefficient (Wildman–Crippen LogP) is 4.67. The zero-order chi connectivity index (χ0) is 16.4. The molecule has 1 aliphatic heterocycles. The maximum absolute atomic E-state index is 13.3. The van der Waals surface area contributed by atoms with Gasteiger partial charge in [0.05, 0.1) is 10.9 Å². The van der Waals surface area contributed by atoms with Gasteiger partial charge in [0.25, 0.3) is 0 Å². The Morgan fingerprint density at radius 2 is 1.83 bits per heavy atom. The van der Waals surface area contributed by atoms with Crippen LogP contribution in [0, 0.1) is 13.8 Å². The van der Waals surface area contributed by atoms with E-state index in [1.165, 1.54) is 10.4 Å². The molecule has 2 heterocycles. The molecule has 3 nitrogen and oxygen atoms in total. The Kier molecular flexibility index (Phi) is 4.90. The van der Waals surface area contributed by atoms with Crippen molar-refractivity contribution in [3.05, 3.63) is 51.7 Å². The first-order chi connectivity index (χ1) is 11.0. The SMILES string of the molecule is Cc1ccccc1S(=O)(=O)N1CCCCC[C@H]1c1sccc1C. The molecule has 5 heteroatoms. The molecule has 0 saturated carbocycles. The zero-order valence-corrected chi connectivity index (χ0v) is 15.3. The fourth-order valence-electron chi connectivity index (χ4n) is 3.33. The quantitative estimate of drug-likeness (QED) is 0.807. The van der Waals surface area contributed by atoms with Gasteiger partial charge in [-0.05, 0) is 55.3 Å². The van der Waals surface area contributed by atoms with Crippen molar-refractivity contribution in [2.45, 2.75) is 50.5 Å². The lowest BCUT2D eigenvalue weighted by molar-refractivity contribution is 0.332. The number of rotatable bonds is 3. The minimum absolute atomic E-state index is 0.0258. The molecular formula is C18H23NO2S2. The first kappa shape index (κ1) is 16.7. The van der Waals surface area contributed by atoms with Crippen LogP contribution in [0.1, 0.15) is 47.7 Å². The van der Waals surface area contributed by atoms with Gasteiger partial charge in [0.2, 0.25) is 10.0 Å². The molecule has 0 bridgehead atoms. The number of sulfonamides is 1. The first-order valence-electron chi connectivity index (χ1n) is 8.13. The normalized spacial score (nSPS) is 20.3. The largest absolute Gasteiger partial charge is 0.243 e. The van der Waals surface area contributed by atoms with Crippen LogP contribution in [-0.2, 0) is 10.0 Å². The second kappa shape index (κ2) is 6.75. The molecule has 0 radical (unpaired) electrons. The molecule has 1 saturated heterocycles. The van der Waals surface area contributed by atoms with E-state index in [1.54, 1.807) is 21.7 Å². The number of nitrogens with zero attached hydrogens (tertiary/aromatic N) is 1. The molecule has 0 amide bonds. The minimum atomic E-state index is -3.47. The summed E-state index contributed by atoms with van der Waals surface area (Å²) in [4.78, 5) is 1.64. The van der Waals surface area contributed by atoms with E-state index in [4.69, 9.17) is 0 Å². The van der Waals surface area contributed by atoms with Crippen molar-refractivity contribution < 1.29 is 8.42 Å². The number of aryl methyl sites for hydroxylation is 2. The molecule has 3 rings (SSSR count). The molecule has 1 aliphatic rings. The van der Waals surface area contributed by atoms with E-state index in [-0.39, 0.29) is 6.04 Å². The van der Waals surface area contributed by atoms with Gasteiger partial charge in [0, 0.05) is 11.4 Å². The summed E-state index contributed by atoms with van der Waals surface area (Å²) >= 11 is 1.68. The van der Waals surface area contributed by atoms with Crippen molar-refractivity contribution in [3.63, 3.8) is 0 Å². The molecule has 1 fully saturated rings. The Morgan fingerprint density at radius 3 is 2.52 bits per heavy atom. The Balaban J connectivity index is 2.06. The molecule has 23 heavy (non-hydrogen) atoms. The predicted molar refractivity (Wildman–Crippen MR) is 95.3 cm³/mol. The Bertz CT molecular complexity index is 780.